The molecule has 1 saturated carbocycles. The third-order valence-electron chi connectivity index (χ3n) is 4.34. The topological polar surface area (TPSA) is 23.8 Å². The van der Waals surface area contributed by atoms with E-state index < -0.39 is 0 Å². The minimum atomic E-state index is 0.234. The zero-order valence-electron chi connectivity index (χ0n) is 11.6. The molecule has 0 radical (unpaired) electrons. The maximum absolute atomic E-state index is 9.19. The molecule has 20 heavy (non-hydrogen) atoms. The Labute approximate surface area is 120 Å². The van der Waals surface area contributed by atoms with Crippen molar-refractivity contribution in [3.8, 4) is 17.2 Å². The lowest BCUT2D eigenvalue weighted by molar-refractivity contribution is 0.380. The average molecular weight is 261 g/mol. The Morgan fingerprint density at radius 1 is 0.900 bits per heavy atom. The summed E-state index contributed by atoms with van der Waals surface area (Å²) in [5.74, 6) is 0.766. The molecule has 2 aromatic rings. The Bertz CT molecular complexity index is 609. The minimum Gasteiger partial charge on any atom is -0.198 e. The Morgan fingerprint density at radius 2 is 1.65 bits per heavy atom. The van der Waals surface area contributed by atoms with Crippen molar-refractivity contribution in [2.75, 3.05) is 0 Å². The second-order valence-electron chi connectivity index (χ2n) is 5.64. The van der Waals surface area contributed by atoms with E-state index in [1.165, 1.54) is 29.5 Å². The predicted octanol–water partition coefficient (Wildman–Crippen LogP) is 5.15. The van der Waals surface area contributed by atoms with E-state index in [4.69, 9.17) is 0 Å². The lowest BCUT2D eigenvalue weighted by Gasteiger charge is -2.27. The van der Waals surface area contributed by atoms with E-state index in [0.717, 1.165) is 12.8 Å². The molecule has 0 amide bonds. The summed E-state index contributed by atoms with van der Waals surface area (Å²) < 4.78 is 0. The standard InChI is InChI=1S/C19H19N/c20-14-15-7-6-10-17(13-15)19-12-5-4-11-18(19)16-8-2-1-3-9-16/h1-5,8-9,11-12,15,17H,6-7,10,13H2. The quantitative estimate of drug-likeness (QED) is 0.733. The molecule has 0 aromatic heterocycles. The third-order valence-corrected chi connectivity index (χ3v) is 4.34. The van der Waals surface area contributed by atoms with Gasteiger partial charge in [0.15, 0.2) is 0 Å². The molecule has 3 rings (SSSR count). The van der Waals surface area contributed by atoms with Crippen molar-refractivity contribution in [2.24, 2.45) is 5.92 Å². The first-order chi connectivity index (χ1) is 9.88. The molecule has 1 aliphatic rings. The van der Waals surface area contributed by atoms with E-state index in [-0.39, 0.29) is 5.92 Å². The van der Waals surface area contributed by atoms with Crippen molar-refractivity contribution in [2.45, 2.75) is 31.6 Å². The molecule has 1 aliphatic carbocycles. The highest BCUT2D eigenvalue weighted by Crippen LogP contribution is 2.39. The van der Waals surface area contributed by atoms with Crippen LogP contribution in [0.3, 0.4) is 0 Å². The summed E-state index contributed by atoms with van der Waals surface area (Å²) in [5.41, 5.74) is 4.03. The van der Waals surface area contributed by atoms with Gasteiger partial charge in [0.25, 0.3) is 0 Å². The monoisotopic (exact) mass is 261 g/mol. The van der Waals surface area contributed by atoms with Crippen LogP contribution in [0.2, 0.25) is 0 Å². The van der Waals surface area contributed by atoms with Crippen molar-refractivity contribution in [1.82, 2.24) is 0 Å². The van der Waals surface area contributed by atoms with E-state index in [1.807, 2.05) is 0 Å². The van der Waals surface area contributed by atoms with Crippen LogP contribution in [-0.2, 0) is 0 Å². The van der Waals surface area contributed by atoms with Crippen molar-refractivity contribution >= 4 is 0 Å². The second-order valence-corrected chi connectivity index (χ2v) is 5.64. The molecule has 2 unspecified atom stereocenters. The van der Waals surface area contributed by atoms with Gasteiger partial charge in [-0.15, -0.1) is 0 Å². The largest absolute Gasteiger partial charge is 0.198 e. The van der Waals surface area contributed by atoms with Gasteiger partial charge in [0.1, 0.15) is 0 Å². The van der Waals surface area contributed by atoms with Crippen LogP contribution < -0.4 is 0 Å². The molecule has 0 N–H and O–H groups in total. The van der Waals surface area contributed by atoms with Gasteiger partial charge in [-0.3, -0.25) is 0 Å². The minimum absolute atomic E-state index is 0.234. The van der Waals surface area contributed by atoms with Crippen LogP contribution in [0.4, 0.5) is 0 Å². The van der Waals surface area contributed by atoms with Gasteiger partial charge in [0, 0.05) is 5.92 Å². The maximum Gasteiger partial charge on any atom is 0.0656 e. The number of hydrogen-bond donors (Lipinski definition) is 0. The summed E-state index contributed by atoms with van der Waals surface area (Å²) in [7, 11) is 0. The van der Waals surface area contributed by atoms with E-state index >= 15 is 0 Å². The van der Waals surface area contributed by atoms with Crippen molar-refractivity contribution in [3.05, 3.63) is 60.2 Å². The lowest BCUT2D eigenvalue weighted by atomic mass is 9.76. The fourth-order valence-electron chi connectivity index (χ4n) is 3.32. The van der Waals surface area contributed by atoms with Crippen molar-refractivity contribution < 1.29 is 0 Å². The van der Waals surface area contributed by atoms with Gasteiger partial charge in [-0.1, -0.05) is 61.0 Å². The highest BCUT2D eigenvalue weighted by atomic mass is 14.3. The van der Waals surface area contributed by atoms with Crippen LogP contribution in [0.25, 0.3) is 11.1 Å². The Morgan fingerprint density at radius 3 is 2.45 bits per heavy atom. The fourth-order valence-corrected chi connectivity index (χ4v) is 3.32. The lowest BCUT2D eigenvalue weighted by Crippen LogP contribution is -2.13. The molecule has 1 nitrogen and oxygen atoms in total. The van der Waals surface area contributed by atoms with Crippen LogP contribution >= 0.6 is 0 Å². The van der Waals surface area contributed by atoms with Gasteiger partial charge < -0.3 is 0 Å². The van der Waals surface area contributed by atoms with Crippen LogP contribution in [-0.4, -0.2) is 0 Å². The summed E-state index contributed by atoms with van der Waals surface area (Å²) in [5, 5.41) is 9.19. The van der Waals surface area contributed by atoms with E-state index in [2.05, 4.69) is 60.7 Å². The van der Waals surface area contributed by atoms with E-state index in [9.17, 15) is 5.26 Å². The first kappa shape index (κ1) is 12.9. The normalized spacial score (nSPS) is 22.1. The van der Waals surface area contributed by atoms with Crippen LogP contribution in [0.5, 0.6) is 0 Å². The first-order valence-electron chi connectivity index (χ1n) is 7.42. The van der Waals surface area contributed by atoms with Crippen LogP contribution in [0.1, 0.15) is 37.2 Å². The highest BCUT2D eigenvalue weighted by Gasteiger charge is 2.24. The van der Waals surface area contributed by atoms with Gasteiger partial charge in [-0.05, 0) is 41.9 Å². The van der Waals surface area contributed by atoms with Gasteiger partial charge in [0.2, 0.25) is 0 Å². The molecule has 0 aliphatic heterocycles. The molecule has 0 saturated heterocycles. The molecule has 2 aromatic carbocycles. The Hall–Kier alpha value is -2.07. The third kappa shape index (κ3) is 2.60. The molecule has 0 spiro atoms. The molecule has 0 bridgehead atoms. The molecule has 0 heterocycles. The molecular formula is C19H19N. The van der Waals surface area contributed by atoms with Gasteiger partial charge in [-0.25, -0.2) is 0 Å². The van der Waals surface area contributed by atoms with Crippen molar-refractivity contribution in [3.63, 3.8) is 0 Å². The summed E-state index contributed by atoms with van der Waals surface area (Å²) in [6.45, 7) is 0. The molecule has 2 atom stereocenters. The summed E-state index contributed by atoms with van der Waals surface area (Å²) in [6.07, 6.45) is 4.47. The molecule has 1 fully saturated rings. The number of nitrogens with zero attached hydrogens (tertiary/aromatic N) is 1. The molecule has 1 heteroatoms. The summed E-state index contributed by atoms with van der Waals surface area (Å²) in [6, 6.07) is 21.7. The maximum atomic E-state index is 9.19. The van der Waals surface area contributed by atoms with E-state index in [0.29, 0.717) is 5.92 Å². The Kier molecular flexibility index (Phi) is 3.83. The molecule has 100 valence electrons. The van der Waals surface area contributed by atoms with Crippen molar-refractivity contribution in [1.29, 1.82) is 5.26 Å². The number of rotatable bonds is 2. The fraction of sp³-hybridized carbons (Fsp3) is 0.316. The predicted molar refractivity (Wildman–Crippen MR) is 82.2 cm³/mol. The first-order valence-corrected chi connectivity index (χ1v) is 7.42. The average Bonchev–Trinajstić information content (AvgIpc) is 2.56. The van der Waals surface area contributed by atoms with Crippen LogP contribution in [0, 0.1) is 17.2 Å². The number of nitriles is 1. The van der Waals surface area contributed by atoms with E-state index in [1.54, 1.807) is 0 Å². The smallest absolute Gasteiger partial charge is 0.0656 e. The van der Waals surface area contributed by atoms with Gasteiger partial charge >= 0.3 is 0 Å². The van der Waals surface area contributed by atoms with Crippen LogP contribution in [0.15, 0.2) is 54.6 Å². The van der Waals surface area contributed by atoms with Gasteiger partial charge in [0.05, 0.1) is 6.07 Å². The zero-order valence-corrected chi connectivity index (χ0v) is 11.6. The SMILES string of the molecule is N#CC1CCCC(c2ccccc2-c2ccccc2)C1. The molecular weight excluding hydrogens is 242 g/mol. The highest BCUT2D eigenvalue weighted by molar-refractivity contribution is 5.68. The summed E-state index contributed by atoms with van der Waals surface area (Å²) in [4.78, 5) is 0. The summed E-state index contributed by atoms with van der Waals surface area (Å²) >= 11 is 0. The second kappa shape index (κ2) is 5.92. The van der Waals surface area contributed by atoms with Gasteiger partial charge in [-0.2, -0.15) is 5.26 Å². The Balaban J connectivity index is 1.96. The number of hydrogen-bond acceptors (Lipinski definition) is 1. The zero-order chi connectivity index (χ0) is 13.8. The number of benzene rings is 2.